The van der Waals surface area contributed by atoms with Gasteiger partial charge >= 0.3 is 0 Å². The predicted molar refractivity (Wildman–Crippen MR) is 100 cm³/mol. The van der Waals surface area contributed by atoms with E-state index >= 15 is 0 Å². The lowest BCUT2D eigenvalue weighted by Gasteiger charge is -2.30. The second kappa shape index (κ2) is 6.76. The zero-order chi connectivity index (χ0) is 17.9. The van der Waals surface area contributed by atoms with Crippen molar-refractivity contribution in [3.8, 4) is 0 Å². The van der Waals surface area contributed by atoms with Gasteiger partial charge in [0.15, 0.2) is 0 Å². The van der Waals surface area contributed by atoms with Crippen LogP contribution in [0.25, 0.3) is 6.08 Å². The lowest BCUT2D eigenvalue weighted by molar-refractivity contribution is -0.384. The molecule has 26 heavy (non-hydrogen) atoms. The third kappa shape index (κ3) is 3.17. The summed E-state index contributed by atoms with van der Waals surface area (Å²) in [5.41, 5.74) is 4.17. The zero-order valence-electron chi connectivity index (χ0n) is 13.9. The normalized spacial score (nSPS) is 13.1. The molecule has 4 rings (SSSR count). The Kier molecular flexibility index (Phi) is 4.15. The second-order valence-corrected chi connectivity index (χ2v) is 6.12. The quantitative estimate of drug-likeness (QED) is 0.525. The summed E-state index contributed by atoms with van der Waals surface area (Å²) in [6.45, 7) is 0.625. The minimum Gasteiger partial charge on any atom is -0.322 e. The number of rotatable bonds is 4. The van der Waals surface area contributed by atoms with Crippen LogP contribution >= 0.6 is 0 Å². The van der Waals surface area contributed by atoms with Gasteiger partial charge in [-0.3, -0.25) is 15.1 Å². The largest absolute Gasteiger partial charge is 0.322 e. The van der Waals surface area contributed by atoms with Crippen LogP contribution in [0, 0.1) is 10.1 Å². The molecule has 0 saturated heterocycles. The van der Waals surface area contributed by atoms with Crippen LogP contribution in [0.1, 0.15) is 11.1 Å². The Morgan fingerprint density at radius 2 is 2.00 bits per heavy atom. The number of aromatic nitrogens is 2. The number of anilines is 2. The van der Waals surface area contributed by atoms with E-state index in [1.807, 2.05) is 41.4 Å². The van der Waals surface area contributed by atoms with Crippen molar-refractivity contribution >= 4 is 23.3 Å². The van der Waals surface area contributed by atoms with Crippen molar-refractivity contribution in [2.45, 2.75) is 6.42 Å². The highest BCUT2D eigenvalue weighted by atomic mass is 16.6. The number of non-ortho nitro benzene ring substituents is 1. The van der Waals surface area contributed by atoms with E-state index in [1.54, 1.807) is 24.5 Å². The molecule has 1 aromatic carbocycles. The summed E-state index contributed by atoms with van der Waals surface area (Å²) >= 11 is 0. The average Bonchev–Trinajstić information content (AvgIpc) is 2.68. The van der Waals surface area contributed by atoms with Crippen LogP contribution in [0.4, 0.5) is 17.2 Å². The van der Waals surface area contributed by atoms with Crippen LogP contribution in [0.5, 0.6) is 0 Å². The minimum atomic E-state index is -0.376. The molecule has 128 valence electrons. The molecule has 3 aromatic rings. The first-order valence-corrected chi connectivity index (χ1v) is 8.26. The summed E-state index contributed by atoms with van der Waals surface area (Å²) in [6, 6.07) is 14.5. The van der Waals surface area contributed by atoms with Crippen molar-refractivity contribution in [1.82, 2.24) is 9.97 Å². The van der Waals surface area contributed by atoms with Gasteiger partial charge in [-0.1, -0.05) is 12.1 Å². The van der Waals surface area contributed by atoms with E-state index in [4.69, 9.17) is 0 Å². The van der Waals surface area contributed by atoms with Crippen molar-refractivity contribution in [3.63, 3.8) is 0 Å². The molecule has 6 nitrogen and oxygen atoms in total. The second-order valence-electron chi connectivity index (χ2n) is 6.12. The van der Waals surface area contributed by atoms with Gasteiger partial charge < -0.3 is 4.90 Å². The van der Waals surface area contributed by atoms with Crippen LogP contribution < -0.4 is 4.90 Å². The standard InChI is InChI=1S/C20H16N4O2/c25-24(26)19-7-1-6-18(12-19)23-14-16(10-15-4-2-8-21-13-15)11-17-5-3-9-22-20(17)23/h1-9,11-13H,10,14H2. The summed E-state index contributed by atoms with van der Waals surface area (Å²) in [5.74, 6) is 0.808. The third-order valence-electron chi connectivity index (χ3n) is 4.30. The maximum absolute atomic E-state index is 11.1. The highest BCUT2D eigenvalue weighted by Gasteiger charge is 2.22. The van der Waals surface area contributed by atoms with Crippen LogP contribution in [-0.2, 0) is 6.42 Å². The topological polar surface area (TPSA) is 72.2 Å². The summed E-state index contributed by atoms with van der Waals surface area (Å²) < 4.78 is 0. The number of hydrogen-bond acceptors (Lipinski definition) is 5. The van der Waals surface area contributed by atoms with Gasteiger partial charge in [-0.25, -0.2) is 4.98 Å². The van der Waals surface area contributed by atoms with Gasteiger partial charge in [-0.05, 0) is 47.9 Å². The molecule has 6 heteroatoms. The molecule has 0 N–H and O–H groups in total. The summed E-state index contributed by atoms with van der Waals surface area (Å²) in [6.07, 6.45) is 8.27. The summed E-state index contributed by atoms with van der Waals surface area (Å²) in [7, 11) is 0. The fourth-order valence-corrected chi connectivity index (χ4v) is 3.15. The van der Waals surface area contributed by atoms with Crippen molar-refractivity contribution in [2.75, 3.05) is 11.4 Å². The SMILES string of the molecule is O=[N+]([O-])c1cccc(N2CC(Cc3cccnc3)=Cc3cccnc32)c1. The lowest BCUT2D eigenvalue weighted by Crippen LogP contribution is -2.25. The number of nitrogens with zero attached hydrogens (tertiary/aromatic N) is 4. The first-order chi connectivity index (χ1) is 12.7. The zero-order valence-corrected chi connectivity index (χ0v) is 13.9. The van der Waals surface area contributed by atoms with Crippen LogP contribution in [0.15, 0.2) is 72.7 Å². The number of pyridine rings is 2. The van der Waals surface area contributed by atoms with Crippen LogP contribution in [0.3, 0.4) is 0 Å². The molecule has 0 amide bonds. The Bertz CT molecular complexity index is 986. The van der Waals surface area contributed by atoms with Crippen LogP contribution in [0.2, 0.25) is 0 Å². The third-order valence-corrected chi connectivity index (χ3v) is 4.30. The van der Waals surface area contributed by atoms with E-state index in [1.165, 1.54) is 11.6 Å². The number of nitro groups is 1. The number of nitro benzene ring substituents is 1. The monoisotopic (exact) mass is 344 g/mol. The predicted octanol–water partition coefficient (Wildman–Crippen LogP) is 4.16. The van der Waals surface area contributed by atoms with Crippen molar-refractivity contribution in [2.24, 2.45) is 0 Å². The molecular formula is C20H16N4O2. The van der Waals surface area contributed by atoms with Gasteiger partial charge in [0.1, 0.15) is 5.82 Å². The van der Waals surface area contributed by atoms with Gasteiger partial charge in [0.25, 0.3) is 5.69 Å². The first kappa shape index (κ1) is 16.0. The molecule has 0 fully saturated rings. The van der Waals surface area contributed by atoms with Gasteiger partial charge in [-0.2, -0.15) is 0 Å². The average molecular weight is 344 g/mol. The van der Waals surface area contributed by atoms with Gasteiger partial charge in [-0.15, -0.1) is 0 Å². The fraction of sp³-hybridized carbons (Fsp3) is 0.100. The van der Waals surface area contributed by atoms with E-state index in [-0.39, 0.29) is 10.6 Å². The van der Waals surface area contributed by atoms with Gasteiger partial charge in [0, 0.05) is 48.5 Å². The molecule has 0 unspecified atom stereocenters. The smallest absolute Gasteiger partial charge is 0.271 e. The Labute approximate surface area is 150 Å². The van der Waals surface area contributed by atoms with E-state index in [9.17, 15) is 10.1 Å². The molecule has 0 spiro atoms. The van der Waals surface area contributed by atoms with Crippen molar-refractivity contribution in [3.05, 3.63) is 93.9 Å². The number of hydrogen-bond donors (Lipinski definition) is 0. The molecular weight excluding hydrogens is 328 g/mol. The highest BCUT2D eigenvalue weighted by molar-refractivity contribution is 5.77. The van der Waals surface area contributed by atoms with E-state index in [2.05, 4.69) is 16.0 Å². The maximum atomic E-state index is 11.1. The molecule has 0 bridgehead atoms. The molecule has 1 aliphatic rings. The fourth-order valence-electron chi connectivity index (χ4n) is 3.15. The van der Waals surface area contributed by atoms with Crippen molar-refractivity contribution in [1.29, 1.82) is 0 Å². The molecule has 1 aliphatic heterocycles. The number of benzene rings is 1. The van der Waals surface area contributed by atoms with E-state index < -0.39 is 0 Å². The highest BCUT2D eigenvalue weighted by Crippen LogP contribution is 2.34. The minimum absolute atomic E-state index is 0.0725. The molecule has 0 radical (unpaired) electrons. The number of fused-ring (bicyclic) bond motifs is 1. The Hall–Kier alpha value is -3.54. The molecule has 0 saturated carbocycles. The lowest BCUT2D eigenvalue weighted by atomic mass is 9.99. The van der Waals surface area contributed by atoms with Gasteiger partial charge in [0.2, 0.25) is 0 Å². The van der Waals surface area contributed by atoms with E-state index in [0.29, 0.717) is 6.54 Å². The van der Waals surface area contributed by atoms with Crippen molar-refractivity contribution < 1.29 is 4.92 Å². The Morgan fingerprint density at radius 3 is 2.81 bits per heavy atom. The molecule has 0 aliphatic carbocycles. The maximum Gasteiger partial charge on any atom is 0.271 e. The van der Waals surface area contributed by atoms with E-state index in [0.717, 1.165) is 29.1 Å². The molecule has 2 aromatic heterocycles. The Morgan fingerprint density at radius 1 is 1.12 bits per heavy atom. The molecule has 3 heterocycles. The first-order valence-electron chi connectivity index (χ1n) is 8.26. The van der Waals surface area contributed by atoms with Crippen LogP contribution in [-0.4, -0.2) is 21.4 Å². The summed E-state index contributed by atoms with van der Waals surface area (Å²) in [5, 5.41) is 11.1. The Balaban J connectivity index is 1.73. The summed E-state index contributed by atoms with van der Waals surface area (Å²) in [4.78, 5) is 21.5. The van der Waals surface area contributed by atoms with Gasteiger partial charge in [0.05, 0.1) is 4.92 Å². The molecule has 0 atom stereocenters.